The van der Waals surface area contributed by atoms with E-state index in [4.69, 9.17) is 4.74 Å². The first-order valence-corrected chi connectivity index (χ1v) is 6.92. The molecule has 0 amide bonds. The minimum atomic E-state index is -0.476. The first-order valence-electron chi connectivity index (χ1n) is 6.92. The molecule has 1 heterocycles. The Morgan fingerprint density at radius 1 is 1.28 bits per heavy atom. The Morgan fingerprint density at radius 2 is 2.06 bits per heavy atom. The molecule has 0 aliphatic carbocycles. The van der Waals surface area contributed by atoms with Crippen molar-refractivity contribution in [3.05, 3.63) is 23.8 Å². The van der Waals surface area contributed by atoms with Gasteiger partial charge in [0.1, 0.15) is 5.75 Å². The van der Waals surface area contributed by atoms with Gasteiger partial charge < -0.3 is 4.74 Å². The van der Waals surface area contributed by atoms with Gasteiger partial charge in [-0.15, -0.1) is 0 Å². The van der Waals surface area contributed by atoms with Crippen LogP contribution in [0, 0.1) is 5.95 Å². The van der Waals surface area contributed by atoms with Gasteiger partial charge >= 0.3 is 0 Å². The van der Waals surface area contributed by atoms with Crippen molar-refractivity contribution in [3.63, 3.8) is 0 Å². The molecule has 0 N–H and O–H groups in total. The third kappa shape index (κ3) is 4.28. The van der Waals surface area contributed by atoms with Crippen LogP contribution in [0.2, 0.25) is 0 Å². The van der Waals surface area contributed by atoms with Gasteiger partial charge in [0.05, 0.1) is 7.11 Å². The van der Waals surface area contributed by atoms with Crippen LogP contribution in [0.4, 0.5) is 4.39 Å². The zero-order valence-electron chi connectivity index (χ0n) is 11.7. The maximum atomic E-state index is 13.1. The number of hydrogen-bond acceptors (Lipinski definition) is 2. The predicted molar refractivity (Wildman–Crippen MR) is 72.5 cm³/mol. The van der Waals surface area contributed by atoms with E-state index in [-0.39, 0.29) is 0 Å². The second-order valence-electron chi connectivity index (χ2n) is 4.70. The smallest absolute Gasteiger partial charge is 0.216 e. The molecule has 18 heavy (non-hydrogen) atoms. The molecular weight excluding hydrogens is 229 g/mol. The summed E-state index contributed by atoms with van der Waals surface area (Å²) in [5.41, 5.74) is 1.04. The number of rotatable bonds is 8. The number of nitrogens with zero attached hydrogens (tertiary/aromatic N) is 1. The summed E-state index contributed by atoms with van der Waals surface area (Å²) in [6.07, 6.45) is 8.81. The van der Waals surface area contributed by atoms with Gasteiger partial charge in [-0.3, -0.25) is 0 Å². The molecular formula is C15H24FNO. The van der Waals surface area contributed by atoms with Gasteiger partial charge in [0.25, 0.3) is 0 Å². The molecule has 3 heteroatoms. The molecule has 102 valence electrons. The summed E-state index contributed by atoms with van der Waals surface area (Å²) < 4.78 is 18.3. The number of methoxy groups -OCH3 is 1. The molecule has 0 radical (unpaired) electrons. The summed E-state index contributed by atoms with van der Waals surface area (Å²) >= 11 is 0. The average molecular weight is 253 g/mol. The van der Waals surface area contributed by atoms with Crippen LogP contribution in [-0.4, -0.2) is 12.1 Å². The highest BCUT2D eigenvalue weighted by Gasteiger charge is 2.15. The van der Waals surface area contributed by atoms with Gasteiger partial charge in [0, 0.05) is 17.8 Å². The predicted octanol–water partition coefficient (Wildman–Crippen LogP) is 4.69. The van der Waals surface area contributed by atoms with E-state index >= 15 is 0 Å². The van der Waals surface area contributed by atoms with Gasteiger partial charge in [-0.2, -0.15) is 4.39 Å². The molecule has 1 atom stereocenters. The number of unbranched alkanes of at least 4 members (excludes halogenated alkanes) is 3. The Kier molecular flexibility index (Phi) is 6.69. The number of aromatic nitrogens is 1. The van der Waals surface area contributed by atoms with Crippen molar-refractivity contribution in [1.82, 2.24) is 4.98 Å². The Balaban J connectivity index is 2.69. The summed E-state index contributed by atoms with van der Waals surface area (Å²) in [4.78, 5) is 3.75. The summed E-state index contributed by atoms with van der Waals surface area (Å²) in [6, 6.07) is 1.38. The van der Waals surface area contributed by atoms with Crippen LogP contribution in [0.25, 0.3) is 0 Å². The van der Waals surface area contributed by atoms with Crippen molar-refractivity contribution < 1.29 is 9.13 Å². The van der Waals surface area contributed by atoms with E-state index in [9.17, 15) is 4.39 Å². The Morgan fingerprint density at radius 3 is 2.67 bits per heavy atom. The van der Waals surface area contributed by atoms with Crippen LogP contribution in [0.15, 0.2) is 12.3 Å². The molecule has 0 bridgehead atoms. The van der Waals surface area contributed by atoms with Crippen molar-refractivity contribution in [2.24, 2.45) is 0 Å². The lowest BCUT2D eigenvalue weighted by Crippen LogP contribution is -2.03. The average Bonchev–Trinajstić information content (AvgIpc) is 2.39. The van der Waals surface area contributed by atoms with Crippen molar-refractivity contribution >= 4 is 0 Å². The molecule has 0 aliphatic heterocycles. The lowest BCUT2D eigenvalue weighted by molar-refractivity contribution is 0.394. The van der Waals surface area contributed by atoms with Gasteiger partial charge in [0.15, 0.2) is 0 Å². The highest BCUT2D eigenvalue weighted by atomic mass is 19.1. The molecule has 0 saturated carbocycles. The summed E-state index contributed by atoms with van der Waals surface area (Å²) in [6.45, 7) is 4.37. The van der Waals surface area contributed by atoms with Crippen molar-refractivity contribution in [1.29, 1.82) is 0 Å². The van der Waals surface area contributed by atoms with Crippen LogP contribution in [0.5, 0.6) is 5.75 Å². The molecule has 0 saturated heterocycles. The van der Waals surface area contributed by atoms with Crippen LogP contribution < -0.4 is 4.74 Å². The minimum Gasteiger partial charge on any atom is -0.496 e. The molecule has 0 aromatic carbocycles. The van der Waals surface area contributed by atoms with Crippen molar-refractivity contribution in [2.45, 2.75) is 58.3 Å². The summed E-state index contributed by atoms with van der Waals surface area (Å²) in [7, 11) is 1.59. The zero-order chi connectivity index (χ0) is 13.4. The van der Waals surface area contributed by atoms with E-state index in [1.165, 1.54) is 31.7 Å². The van der Waals surface area contributed by atoms with E-state index in [1.54, 1.807) is 13.3 Å². The first kappa shape index (κ1) is 14.9. The fourth-order valence-corrected chi connectivity index (χ4v) is 2.30. The monoisotopic (exact) mass is 253 g/mol. The number of pyridine rings is 1. The molecule has 1 unspecified atom stereocenters. The molecule has 0 aliphatic rings. The maximum Gasteiger partial charge on any atom is 0.216 e. The third-order valence-corrected chi connectivity index (χ3v) is 3.42. The van der Waals surface area contributed by atoms with Gasteiger partial charge in [-0.05, 0) is 18.8 Å². The maximum absolute atomic E-state index is 13.1. The highest BCUT2D eigenvalue weighted by Crippen LogP contribution is 2.32. The summed E-state index contributed by atoms with van der Waals surface area (Å²) in [5, 5.41) is 0. The minimum absolute atomic E-state index is 0.421. The van der Waals surface area contributed by atoms with E-state index in [2.05, 4.69) is 18.8 Å². The van der Waals surface area contributed by atoms with Crippen molar-refractivity contribution in [2.75, 3.05) is 7.11 Å². The molecule has 1 rings (SSSR count). The standard InChI is InChI=1S/C15H24FNO/c1-4-6-7-8-9-12(5-2)13-11-17-15(16)10-14(13)18-3/h10-12H,4-9H2,1-3H3. The number of hydrogen-bond donors (Lipinski definition) is 0. The molecule has 1 aromatic heterocycles. The van der Waals surface area contributed by atoms with Crippen LogP contribution in [-0.2, 0) is 0 Å². The summed E-state index contributed by atoms with van der Waals surface area (Å²) in [5.74, 6) is 0.575. The van der Waals surface area contributed by atoms with E-state index in [0.29, 0.717) is 11.7 Å². The quantitative estimate of drug-likeness (QED) is 0.495. The SMILES string of the molecule is CCCCCCC(CC)c1cnc(F)cc1OC. The lowest BCUT2D eigenvalue weighted by Gasteiger charge is -2.17. The number of ether oxygens (including phenoxy) is 1. The second kappa shape index (κ2) is 8.06. The fourth-order valence-electron chi connectivity index (χ4n) is 2.30. The molecule has 0 spiro atoms. The highest BCUT2D eigenvalue weighted by molar-refractivity contribution is 5.33. The largest absolute Gasteiger partial charge is 0.496 e. The normalized spacial score (nSPS) is 12.4. The lowest BCUT2D eigenvalue weighted by atomic mass is 9.91. The fraction of sp³-hybridized carbons (Fsp3) is 0.667. The van der Waals surface area contributed by atoms with Crippen LogP contribution >= 0.6 is 0 Å². The Bertz CT molecular complexity index is 354. The van der Waals surface area contributed by atoms with E-state index in [1.807, 2.05) is 0 Å². The van der Waals surface area contributed by atoms with Crippen LogP contribution in [0.3, 0.4) is 0 Å². The molecule has 2 nitrogen and oxygen atoms in total. The number of halogens is 1. The molecule has 1 aromatic rings. The van der Waals surface area contributed by atoms with E-state index in [0.717, 1.165) is 18.4 Å². The third-order valence-electron chi connectivity index (χ3n) is 3.42. The van der Waals surface area contributed by atoms with Crippen molar-refractivity contribution in [3.8, 4) is 5.75 Å². The van der Waals surface area contributed by atoms with Gasteiger partial charge in [-0.1, -0.05) is 39.5 Å². The zero-order valence-corrected chi connectivity index (χ0v) is 11.7. The Labute approximate surface area is 110 Å². The topological polar surface area (TPSA) is 22.1 Å². The second-order valence-corrected chi connectivity index (χ2v) is 4.70. The Hall–Kier alpha value is -1.12. The first-order chi connectivity index (χ1) is 8.72. The van der Waals surface area contributed by atoms with E-state index < -0.39 is 5.95 Å². The van der Waals surface area contributed by atoms with Crippen LogP contribution in [0.1, 0.15) is 63.9 Å². The van der Waals surface area contributed by atoms with Gasteiger partial charge in [-0.25, -0.2) is 4.98 Å². The molecule has 0 fully saturated rings. The van der Waals surface area contributed by atoms with Gasteiger partial charge in [0.2, 0.25) is 5.95 Å².